The highest BCUT2D eigenvalue weighted by molar-refractivity contribution is 6.67. The Kier molecular flexibility index (Phi) is 7.50. The van der Waals surface area contributed by atoms with Crippen LogP contribution >= 0.6 is 34.8 Å². The van der Waals surface area contributed by atoms with Crippen molar-refractivity contribution in [3.63, 3.8) is 0 Å². The number of carbonyl (C=O) groups is 3. The van der Waals surface area contributed by atoms with Crippen molar-refractivity contribution >= 4 is 51.7 Å². The van der Waals surface area contributed by atoms with Gasteiger partial charge in [0, 0.05) is 0 Å². The van der Waals surface area contributed by atoms with Crippen LogP contribution in [-0.4, -0.2) is 41.3 Å². The Morgan fingerprint density at radius 3 is 2.43 bits per heavy atom. The molecule has 1 unspecified atom stereocenters. The van der Waals surface area contributed by atoms with Crippen molar-refractivity contribution in [1.82, 2.24) is 5.32 Å². The molecule has 1 N–H and O–H groups in total. The first-order chi connectivity index (χ1) is 9.99. The monoisotopic (exact) mass is 351 g/mol. The molecule has 0 saturated heterocycles. The van der Waals surface area contributed by atoms with E-state index in [2.05, 4.69) is 5.32 Å². The zero-order valence-corrected chi connectivity index (χ0v) is 13.0. The molecule has 1 aromatic carbocycles. The Labute approximate surface area is 136 Å². The second-order valence-corrected chi connectivity index (χ2v) is 4.87. The highest BCUT2D eigenvalue weighted by atomic mass is 35.5. The van der Waals surface area contributed by atoms with Gasteiger partial charge in [0.1, 0.15) is 24.3 Å². The predicted molar refractivity (Wildman–Crippen MR) is 80.5 cm³/mol. The summed E-state index contributed by atoms with van der Waals surface area (Å²) >= 11 is 14.9. The van der Waals surface area contributed by atoms with Crippen LogP contribution in [0.4, 0.5) is 0 Å². The standard InChI is InChI=1S/C11H10ClNO3.C2H2Cl2O/c12-5-10(14)13-8-6-16-9-4-2-1-3-7(9)11(8)15;3-1-2(4)5/h1-4,8H,5-6H2,(H,13,14);1H2. The van der Waals surface area contributed by atoms with Crippen LogP contribution in [0, 0.1) is 0 Å². The van der Waals surface area contributed by atoms with Gasteiger partial charge < -0.3 is 10.1 Å². The normalized spacial score (nSPS) is 16.0. The zero-order valence-electron chi connectivity index (χ0n) is 10.8. The van der Waals surface area contributed by atoms with Crippen molar-refractivity contribution in [3.05, 3.63) is 29.8 Å². The molecule has 1 aliphatic rings. The van der Waals surface area contributed by atoms with Gasteiger partial charge in [0.05, 0.1) is 11.4 Å². The van der Waals surface area contributed by atoms with E-state index in [4.69, 9.17) is 39.5 Å². The molecule has 0 bridgehead atoms. The molecule has 21 heavy (non-hydrogen) atoms. The minimum Gasteiger partial charge on any atom is -0.490 e. The summed E-state index contributed by atoms with van der Waals surface area (Å²) in [6.45, 7) is 0.151. The topological polar surface area (TPSA) is 72.5 Å². The van der Waals surface area contributed by atoms with E-state index in [1.807, 2.05) is 0 Å². The van der Waals surface area contributed by atoms with Crippen LogP contribution < -0.4 is 10.1 Å². The Balaban J connectivity index is 0.000000383. The number of ketones is 1. The Morgan fingerprint density at radius 1 is 1.24 bits per heavy atom. The molecule has 0 fully saturated rings. The first-order valence-electron chi connectivity index (χ1n) is 5.85. The minimum absolute atomic E-state index is 0.0957. The first kappa shape index (κ1) is 17.8. The molecule has 114 valence electrons. The van der Waals surface area contributed by atoms with Gasteiger partial charge in [-0.2, -0.15) is 0 Å². The van der Waals surface area contributed by atoms with Crippen LogP contribution in [-0.2, 0) is 9.59 Å². The molecular weight excluding hydrogens is 341 g/mol. The van der Waals surface area contributed by atoms with Gasteiger partial charge in [-0.25, -0.2) is 0 Å². The second-order valence-electron chi connectivity index (χ2n) is 3.91. The van der Waals surface area contributed by atoms with Gasteiger partial charge in [-0.3, -0.25) is 14.4 Å². The summed E-state index contributed by atoms with van der Waals surface area (Å²) in [5.41, 5.74) is 0.494. The quantitative estimate of drug-likeness (QED) is 0.667. The molecule has 0 aliphatic carbocycles. The molecular formula is C13H12Cl3NO4. The summed E-state index contributed by atoms with van der Waals surface area (Å²) in [5.74, 6) is -0.209. The van der Waals surface area contributed by atoms with E-state index >= 15 is 0 Å². The van der Waals surface area contributed by atoms with Crippen LogP contribution in [0.2, 0.25) is 0 Å². The van der Waals surface area contributed by atoms with E-state index in [0.29, 0.717) is 11.3 Å². The van der Waals surface area contributed by atoms with Crippen molar-refractivity contribution in [1.29, 1.82) is 0 Å². The number of alkyl halides is 2. The molecule has 1 aromatic rings. The lowest BCUT2D eigenvalue weighted by molar-refractivity contribution is -0.119. The molecule has 1 heterocycles. The molecule has 0 saturated carbocycles. The fourth-order valence-electron chi connectivity index (χ4n) is 1.57. The van der Waals surface area contributed by atoms with Crippen molar-refractivity contribution in [2.24, 2.45) is 0 Å². The maximum atomic E-state index is 11.9. The Hall–Kier alpha value is -1.30. The van der Waals surface area contributed by atoms with E-state index in [9.17, 15) is 14.4 Å². The average molecular weight is 353 g/mol. The summed E-state index contributed by atoms with van der Waals surface area (Å²) in [7, 11) is 0. The lowest BCUT2D eigenvalue weighted by atomic mass is 10.0. The van der Waals surface area contributed by atoms with Crippen LogP contribution in [0.25, 0.3) is 0 Å². The fourth-order valence-corrected chi connectivity index (χ4v) is 1.65. The van der Waals surface area contributed by atoms with Gasteiger partial charge in [-0.1, -0.05) is 12.1 Å². The number of halogens is 3. The number of amides is 1. The Morgan fingerprint density at radius 2 is 1.86 bits per heavy atom. The third-order valence-electron chi connectivity index (χ3n) is 2.44. The lowest BCUT2D eigenvalue weighted by Crippen LogP contribution is -2.47. The van der Waals surface area contributed by atoms with Crippen molar-refractivity contribution in [3.8, 4) is 5.75 Å². The van der Waals surface area contributed by atoms with Gasteiger partial charge >= 0.3 is 0 Å². The van der Waals surface area contributed by atoms with Crippen molar-refractivity contribution in [2.45, 2.75) is 6.04 Å². The number of benzene rings is 1. The number of rotatable bonds is 3. The molecule has 1 aliphatic heterocycles. The van der Waals surface area contributed by atoms with E-state index < -0.39 is 11.3 Å². The van der Waals surface area contributed by atoms with Crippen LogP contribution in [0.3, 0.4) is 0 Å². The van der Waals surface area contributed by atoms with Gasteiger partial charge in [0.15, 0.2) is 5.78 Å². The molecule has 5 nitrogen and oxygen atoms in total. The summed E-state index contributed by atoms with van der Waals surface area (Å²) in [5, 5.41) is 2.01. The van der Waals surface area contributed by atoms with E-state index in [-0.39, 0.29) is 30.1 Å². The highest BCUT2D eigenvalue weighted by Crippen LogP contribution is 2.23. The summed E-state index contributed by atoms with van der Waals surface area (Å²) in [4.78, 5) is 32.5. The van der Waals surface area contributed by atoms with Crippen LogP contribution in [0.15, 0.2) is 24.3 Å². The van der Waals surface area contributed by atoms with Crippen LogP contribution in [0.1, 0.15) is 10.4 Å². The maximum absolute atomic E-state index is 11.9. The van der Waals surface area contributed by atoms with Crippen molar-refractivity contribution in [2.75, 3.05) is 18.4 Å². The van der Waals surface area contributed by atoms with Crippen molar-refractivity contribution < 1.29 is 19.1 Å². The van der Waals surface area contributed by atoms with E-state index in [1.165, 1.54) is 0 Å². The smallest absolute Gasteiger partial charge is 0.236 e. The van der Waals surface area contributed by atoms with Gasteiger partial charge in [-0.05, 0) is 23.7 Å². The van der Waals surface area contributed by atoms with Crippen LogP contribution in [0.5, 0.6) is 5.75 Å². The molecule has 1 atom stereocenters. The second kappa shape index (κ2) is 8.87. The number of Topliss-reactive ketones (excluding diaryl/α,β-unsaturated/α-hetero) is 1. The number of hydrogen-bond donors (Lipinski definition) is 1. The Bertz CT molecular complexity index is 536. The summed E-state index contributed by atoms with van der Waals surface area (Å²) in [6, 6.07) is 6.32. The largest absolute Gasteiger partial charge is 0.490 e. The molecule has 2 rings (SSSR count). The van der Waals surface area contributed by atoms with E-state index in [1.54, 1.807) is 24.3 Å². The number of carbonyl (C=O) groups excluding carboxylic acids is 3. The first-order valence-corrected chi connectivity index (χ1v) is 7.30. The highest BCUT2D eigenvalue weighted by Gasteiger charge is 2.29. The number of ether oxygens (including phenoxy) is 1. The number of nitrogens with one attached hydrogen (secondary N) is 1. The molecule has 0 aromatic heterocycles. The number of para-hydroxylation sites is 1. The number of fused-ring (bicyclic) bond motifs is 1. The zero-order chi connectivity index (χ0) is 15.8. The molecule has 8 heteroatoms. The maximum Gasteiger partial charge on any atom is 0.236 e. The van der Waals surface area contributed by atoms with Gasteiger partial charge in [0.25, 0.3) is 0 Å². The predicted octanol–water partition coefficient (Wildman–Crippen LogP) is 1.98. The lowest BCUT2D eigenvalue weighted by Gasteiger charge is -2.24. The average Bonchev–Trinajstić information content (AvgIpc) is 2.50. The SMILES string of the molecule is O=C(CCl)NC1COc2ccccc2C1=O.O=C(Cl)CCl. The molecule has 0 spiro atoms. The van der Waals surface area contributed by atoms with E-state index in [0.717, 1.165) is 0 Å². The third-order valence-corrected chi connectivity index (χ3v) is 3.19. The summed E-state index contributed by atoms with van der Waals surface area (Å²) in [6.07, 6.45) is 0. The number of hydrogen-bond acceptors (Lipinski definition) is 4. The summed E-state index contributed by atoms with van der Waals surface area (Å²) < 4.78 is 5.37. The minimum atomic E-state index is -0.638. The molecule has 0 radical (unpaired) electrons. The van der Waals surface area contributed by atoms with Gasteiger partial charge in [-0.15, -0.1) is 23.2 Å². The van der Waals surface area contributed by atoms with Gasteiger partial charge in [0.2, 0.25) is 11.1 Å². The fraction of sp³-hybridized carbons (Fsp3) is 0.308. The third kappa shape index (κ3) is 5.53. The molecule has 1 amide bonds.